The smallest absolute Gasteiger partial charge is 0.234 e. The maximum absolute atomic E-state index is 15.4. The number of nitrogens with two attached hydrogens (primary N) is 2. The van der Waals surface area contributed by atoms with Gasteiger partial charge in [-0.2, -0.15) is 0 Å². The van der Waals surface area contributed by atoms with Crippen molar-refractivity contribution in [2.45, 2.75) is 61.8 Å². The zero-order valence-corrected chi connectivity index (χ0v) is 24.4. The van der Waals surface area contributed by atoms with Crippen molar-refractivity contribution in [3.63, 3.8) is 0 Å². The first-order valence-corrected chi connectivity index (χ1v) is 16.1. The molecule has 0 aromatic rings. The van der Waals surface area contributed by atoms with Crippen LogP contribution in [0, 0.1) is 11.8 Å². The molecular formula is C25H45F2N8O4S+. The van der Waals surface area contributed by atoms with E-state index in [1.165, 1.54) is 12.5 Å². The predicted molar refractivity (Wildman–Crippen MR) is 147 cm³/mol. The third kappa shape index (κ3) is 6.49. The number of carbonyl (C=O) groups excluding carboxylic acids is 2. The van der Waals surface area contributed by atoms with E-state index in [1.54, 1.807) is 4.90 Å². The second-order valence-electron chi connectivity index (χ2n) is 12.1. The minimum absolute atomic E-state index is 0.0491. The van der Waals surface area contributed by atoms with Gasteiger partial charge in [0.2, 0.25) is 11.8 Å². The zero-order valence-electron chi connectivity index (χ0n) is 23.6. The number of aliphatic imine (C=N–C) groups is 1. The Bertz CT molecular complexity index is 1070. The van der Waals surface area contributed by atoms with Crippen molar-refractivity contribution >= 4 is 27.9 Å². The molecule has 2 amide bonds. The summed E-state index contributed by atoms with van der Waals surface area (Å²) in [6, 6.07) is -1.18. The van der Waals surface area contributed by atoms with Crippen molar-refractivity contribution in [1.82, 2.24) is 20.4 Å². The van der Waals surface area contributed by atoms with E-state index in [9.17, 15) is 22.4 Å². The van der Waals surface area contributed by atoms with Crippen LogP contribution in [0.5, 0.6) is 0 Å². The Morgan fingerprint density at radius 3 is 2.42 bits per heavy atom. The highest BCUT2D eigenvalue weighted by Gasteiger charge is 2.49. The Morgan fingerprint density at radius 2 is 1.85 bits per heavy atom. The average molecular weight is 592 g/mol. The van der Waals surface area contributed by atoms with Gasteiger partial charge in [-0.05, 0) is 32.9 Å². The van der Waals surface area contributed by atoms with Gasteiger partial charge in [0.05, 0.1) is 37.1 Å². The van der Waals surface area contributed by atoms with E-state index in [1.807, 2.05) is 18.9 Å². The lowest BCUT2D eigenvalue weighted by molar-refractivity contribution is -0.936. The van der Waals surface area contributed by atoms with Crippen LogP contribution in [-0.2, 0) is 19.4 Å². The van der Waals surface area contributed by atoms with Crippen molar-refractivity contribution in [1.29, 1.82) is 0 Å². The lowest BCUT2D eigenvalue weighted by atomic mass is 9.89. The molecule has 0 spiro atoms. The minimum Gasteiger partial charge on any atom is -0.350 e. The fraction of sp³-hybridized carbons (Fsp3) is 0.880. The van der Waals surface area contributed by atoms with Crippen LogP contribution in [0.25, 0.3) is 0 Å². The minimum atomic E-state index is -3.16. The summed E-state index contributed by atoms with van der Waals surface area (Å²) < 4.78 is 53.1. The molecule has 228 valence electrons. The fourth-order valence-corrected chi connectivity index (χ4v) is 7.46. The van der Waals surface area contributed by atoms with Crippen LogP contribution in [0.2, 0.25) is 0 Å². The number of sulfone groups is 1. The zero-order chi connectivity index (χ0) is 29.4. The van der Waals surface area contributed by atoms with E-state index in [2.05, 4.69) is 15.6 Å². The lowest BCUT2D eigenvalue weighted by Gasteiger charge is -2.47. The number of nitrogens with one attached hydrogen (secondary N) is 2. The largest absolute Gasteiger partial charge is 0.350 e. The van der Waals surface area contributed by atoms with Crippen LogP contribution >= 0.6 is 0 Å². The van der Waals surface area contributed by atoms with Gasteiger partial charge in [-0.3, -0.25) is 14.5 Å². The Labute approximate surface area is 235 Å². The van der Waals surface area contributed by atoms with Crippen LogP contribution in [0.15, 0.2) is 4.99 Å². The molecule has 4 rings (SSSR count). The highest BCUT2D eigenvalue weighted by Crippen LogP contribution is 2.29. The van der Waals surface area contributed by atoms with Crippen molar-refractivity contribution in [2.24, 2.45) is 28.3 Å². The van der Waals surface area contributed by atoms with E-state index in [4.69, 9.17) is 11.5 Å². The van der Waals surface area contributed by atoms with Gasteiger partial charge in [0.15, 0.2) is 22.2 Å². The maximum Gasteiger partial charge on any atom is 0.234 e. The molecule has 0 aliphatic carbocycles. The number of piperidine rings is 2. The molecule has 4 aliphatic heterocycles. The summed E-state index contributed by atoms with van der Waals surface area (Å²) in [5.74, 6) is -1.67. The van der Waals surface area contributed by atoms with E-state index in [-0.39, 0.29) is 42.5 Å². The van der Waals surface area contributed by atoms with Gasteiger partial charge in [0.1, 0.15) is 18.6 Å². The van der Waals surface area contributed by atoms with Gasteiger partial charge >= 0.3 is 0 Å². The molecule has 0 bridgehead atoms. The predicted octanol–water partition coefficient (Wildman–Crippen LogP) is -2.18. The molecule has 0 saturated carbocycles. The van der Waals surface area contributed by atoms with Crippen LogP contribution in [-0.4, -0.2) is 148 Å². The molecule has 3 fully saturated rings. The SMILES string of the molecule is CC[N+]1(C)CC(F)C=NC1C(C(=O)NC1CNCC(F)C1N1CCC(C(=O)N2CC(S(C)(=O)=O)C2)CC1)C(N)N. The second kappa shape index (κ2) is 12.2. The van der Waals surface area contributed by atoms with Crippen LogP contribution in [0.1, 0.15) is 19.8 Å². The standard InChI is InChI=1S/C25H44F2N8O4S/c1-4-35(2)14-16(26)9-31-23(35)20(22(28)29)24(36)32-19-11-30-10-18(27)21(19)33-7-5-15(6-8-33)25(37)34-12-17(13-34)40(3,38)39/h9,15-23,30H,4-8,10-14,28-29H2,1-3H3/p+1. The number of nitrogens with zero attached hydrogens (tertiary/aromatic N) is 4. The molecule has 4 aliphatic rings. The van der Waals surface area contributed by atoms with Crippen molar-refractivity contribution in [2.75, 3.05) is 65.7 Å². The third-order valence-corrected chi connectivity index (χ3v) is 10.8. The number of amides is 2. The molecule has 15 heteroatoms. The van der Waals surface area contributed by atoms with Gasteiger partial charge in [-0.25, -0.2) is 22.2 Å². The Kier molecular flexibility index (Phi) is 9.52. The first kappa shape index (κ1) is 31.2. The summed E-state index contributed by atoms with van der Waals surface area (Å²) in [5, 5.41) is 5.53. The topological polar surface area (TPSA) is 163 Å². The Balaban J connectivity index is 1.40. The van der Waals surface area contributed by atoms with Gasteiger partial charge in [0, 0.05) is 44.6 Å². The first-order valence-electron chi connectivity index (χ1n) is 14.1. The van der Waals surface area contributed by atoms with E-state index < -0.39 is 63.7 Å². The molecule has 7 atom stereocenters. The first-order chi connectivity index (χ1) is 18.7. The molecule has 0 aromatic heterocycles. The number of alkyl halides is 2. The Morgan fingerprint density at radius 1 is 1.20 bits per heavy atom. The van der Waals surface area contributed by atoms with Crippen LogP contribution < -0.4 is 22.1 Å². The molecule has 6 N–H and O–H groups in total. The van der Waals surface area contributed by atoms with Gasteiger partial charge in [0.25, 0.3) is 0 Å². The van der Waals surface area contributed by atoms with Crippen LogP contribution in [0.3, 0.4) is 0 Å². The number of hydrogen-bond acceptors (Lipinski definition) is 9. The number of halogens is 2. The highest BCUT2D eigenvalue weighted by atomic mass is 32.2. The van der Waals surface area contributed by atoms with E-state index in [0.717, 1.165) is 0 Å². The van der Waals surface area contributed by atoms with Crippen molar-refractivity contribution in [3.8, 4) is 0 Å². The molecule has 0 aromatic carbocycles. The van der Waals surface area contributed by atoms with E-state index >= 15 is 4.39 Å². The summed E-state index contributed by atoms with van der Waals surface area (Å²) in [7, 11) is -1.34. The summed E-state index contributed by atoms with van der Waals surface area (Å²) in [5.41, 5.74) is 12.2. The summed E-state index contributed by atoms with van der Waals surface area (Å²) >= 11 is 0. The number of likely N-dealkylation sites (tertiary alicyclic amines) is 2. The van der Waals surface area contributed by atoms with Gasteiger partial charge in [-0.1, -0.05) is 0 Å². The summed E-state index contributed by atoms with van der Waals surface area (Å²) in [4.78, 5) is 34.5. The lowest BCUT2D eigenvalue weighted by Crippen LogP contribution is -2.69. The second-order valence-corrected chi connectivity index (χ2v) is 14.4. The molecule has 0 radical (unpaired) electrons. The number of carbonyl (C=O) groups is 2. The van der Waals surface area contributed by atoms with Crippen molar-refractivity contribution < 1.29 is 31.3 Å². The summed E-state index contributed by atoms with van der Waals surface area (Å²) in [6.45, 7) is 4.48. The molecule has 40 heavy (non-hydrogen) atoms. The van der Waals surface area contributed by atoms with Gasteiger partial charge < -0.3 is 31.5 Å². The molecule has 4 heterocycles. The molecular weight excluding hydrogens is 546 g/mol. The molecule has 7 unspecified atom stereocenters. The Hall–Kier alpha value is -1.78. The normalized spacial score (nSPS) is 35.4. The quantitative estimate of drug-likeness (QED) is 0.183. The highest BCUT2D eigenvalue weighted by molar-refractivity contribution is 7.91. The van der Waals surface area contributed by atoms with Crippen LogP contribution in [0.4, 0.5) is 8.78 Å². The molecule has 12 nitrogen and oxygen atoms in total. The monoisotopic (exact) mass is 591 g/mol. The fourth-order valence-electron chi connectivity index (χ4n) is 6.56. The number of hydrogen-bond donors (Lipinski definition) is 4. The third-order valence-electron chi connectivity index (χ3n) is 9.27. The van der Waals surface area contributed by atoms with Crippen molar-refractivity contribution in [3.05, 3.63) is 0 Å². The number of rotatable bonds is 8. The maximum atomic E-state index is 15.4. The van der Waals surface area contributed by atoms with E-state index in [0.29, 0.717) is 39.0 Å². The summed E-state index contributed by atoms with van der Waals surface area (Å²) in [6.07, 6.45) is -0.748. The molecule has 3 saturated heterocycles. The van der Waals surface area contributed by atoms with Gasteiger partial charge in [-0.15, -0.1) is 0 Å². The number of quaternary nitrogens is 1. The average Bonchev–Trinajstić information content (AvgIpc) is 2.84.